The minimum absolute atomic E-state index is 0.200. The van der Waals surface area contributed by atoms with Gasteiger partial charge in [0, 0.05) is 23.9 Å². The molecule has 146 valence electrons. The Morgan fingerprint density at radius 1 is 1.26 bits per heavy atom. The lowest BCUT2D eigenvalue weighted by Gasteiger charge is -2.17. The van der Waals surface area contributed by atoms with Crippen molar-refractivity contribution in [1.29, 1.82) is 0 Å². The van der Waals surface area contributed by atoms with Gasteiger partial charge < -0.3 is 25.3 Å². The third kappa shape index (κ3) is 4.49. The molecule has 3 N–H and O–H groups in total. The van der Waals surface area contributed by atoms with Crippen LogP contribution in [0, 0.1) is 6.92 Å². The molecule has 1 heterocycles. The molecule has 0 unspecified atom stereocenters. The van der Waals surface area contributed by atoms with Crippen molar-refractivity contribution in [1.82, 2.24) is 15.1 Å². The molecular weight excluding hydrogens is 352 g/mol. The summed E-state index contributed by atoms with van der Waals surface area (Å²) < 4.78 is 17.6. The minimum Gasteiger partial charge on any atom is -0.493 e. The quantitative estimate of drug-likeness (QED) is 0.712. The number of aryl methyl sites for hydroxylation is 1. The van der Waals surface area contributed by atoms with Gasteiger partial charge in [-0.05, 0) is 26.0 Å². The molecule has 9 nitrogen and oxygen atoms in total. The van der Waals surface area contributed by atoms with E-state index in [1.54, 1.807) is 10.9 Å². The van der Waals surface area contributed by atoms with E-state index in [9.17, 15) is 9.59 Å². The maximum atomic E-state index is 12.7. The highest BCUT2D eigenvalue weighted by molar-refractivity contribution is 5.96. The highest BCUT2D eigenvalue weighted by atomic mass is 16.5. The standard InChI is InChI=1S/C18H24N4O5/c1-10(13-8-20-22(3)11(13)2)21-18(24)12-6-14(25-4)17(15(7-12)26-5)27-9-16(19)23/h6-8,10H,9H2,1-5H3,(H2,19,23)(H,21,24)/t10-/m1/s1. The highest BCUT2D eigenvalue weighted by Crippen LogP contribution is 2.38. The minimum atomic E-state index is -0.637. The number of hydrogen-bond acceptors (Lipinski definition) is 6. The van der Waals surface area contributed by atoms with Crippen LogP contribution >= 0.6 is 0 Å². The number of nitrogens with zero attached hydrogens (tertiary/aromatic N) is 2. The summed E-state index contributed by atoms with van der Waals surface area (Å²) in [6.45, 7) is 3.47. The number of amides is 2. The van der Waals surface area contributed by atoms with E-state index in [-0.39, 0.29) is 35.8 Å². The largest absolute Gasteiger partial charge is 0.493 e. The van der Waals surface area contributed by atoms with Crippen molar-refractivity contribution in [2.75, 3.05) is 20.8 Å². The molecular formula is C18H24N4O5. The van der Waals surface area contributed by atoms with E-state index >= 15 is 0 Å². The molecule has 1 atom stereocenters. The number of ether oxygens (including phenoxy) is 3. The summed E-state index contributed by atoms with van der Waals surface area (Å²) in [4.78, 5) is 23.7. The number of methoxy groups -OCH3 is 2. The number of carbonyl (C=O) groups is 2. The molecule has 0 aliphatic carbocycles. The van der Waals surface area contributed by atoms with E-state index in [0.29, 0.717) is 5.56 Å². The number of nitrogens with two attached hydrogens (primary N) is 1. The fourth-order valence-electron chi connectivity index (χ4n) is 2.60. The van der Waals surface area contributed by atoms with Gasteiger partial charge in [-0.15, -0.1) is 0 Å². The predicted molar refractivity (Wildman–Crippen MR) is 98.1 cm³/mol. The van der Waals surface area contributed by atoms with E-state index in [2.05, 4.69) is 10.4 Å². The van der Waals surface area contributed by atoms with Crippen molar-refractivity contribution in [2.45, 2.75) is 19.9 Å². The van der Waals surface area contributed by atoms with Gasteiger partial charge in [0.2, 0.25) is 5.75 Å². The van der Waals surface area contributed by atoms with Gasteiger partial charge in [-0.3, -0.25) is 14.3 Å². The van der Waals surface area contributed by atoms with Crippen molar-refractivity contribution in [3.8, 4) is 17.2 Å². The van der Waals surface area contributed by atoms with E-state index in [1.165, 1.54) is 26.4 Å². The van der Waals surface area contributed by atoms with Gasteiger partial charge in [-0.25, -0.2) is 0 Å². The molecule has 2 rings (SSSR count). The van der Waals surface area contributed by atoms with Gasteiger partial charge in [0.25, 0.3) is 11.8 Å². The second-order valence-electron chi connectivity index (χ2n) is 5.97. The zero-order valence-electron chi connectivity index (χ0n) is 16.0. The average molecular weight is 376 g/mol. The first-order chi connectivity index (χ1) is 12.8. The first-order valence-electron chi connectivity index (χ1n) is 8.25. The number of hydrogen-bond donors (Lipinski definition) is 2. The third-order valence-electron chi connectivity index (χ3n) is 4.17. The molecule has 0 radical (unpaired) electrons. The van der Waals surface area contributed by atoms with Crippen molar-refractivity contribution in [3.05, 3.63) is 35.2 Å². The fourth-order valence-corrected chi connectivity index (χ4v) is 2.60. The second-order valence-corrected chi connectivity index (χ2v) is 5.97. The molecule has 0 aliphatic heterocycles. The topological polar surface area (TPSA) is 118 Å². The molecule has 0 saturated heterocycles. The molecule has 0 fully saturated rings. The zero-order valence-corrected chi connectivity index (χ0v) is 16.0. The lowest BCUT2D eigenvalue weighted by molar-refractivity contribution is -0.120. The lowest BCUT2D eigenvalue weighted by Crippen LogP contribution is -2.27. The average Bonchev–Trinajstić information content (AvgIpc) is 2.97. The Morgan fingerprint density at radius 2 is 1.85 bits per heavy atom. The lowest BCUT2D eigenvalue weighted by atomic mass is 10.1. The van der Waals surface area contributed by atoms with Crippen LogP contribution in [0.4, 0.5) is 0 Å². The summed E-state index contributed by atoms with van der Waals surface area (Å²) in [7, 11) is 4.69. The molecule has 1 aromatic carbocycles. The molecule has 0 saturated carbocycles. The first-order valence-corrected chi connectivity index (χ1v) is 8.25. The van der Waals surface area contributed by atoms with Gasteiger partial charge in [-0.1, -0.05) is 0 Å². The summed E-state index contributed by atoms with van der Waals surface area (Å²) in [6.07, 6.45) is 1.72. The van der Waals surface area contributed by atoms with Crippen LogP contribution in [0.3, 0.4) is 0 Å². The maximum Gasteiger partial charge on any atom is 0.255 e. The predicted octanol–water partition coefficient (Wildman–Crippen LogP) is 1.10. The van der Waals surface area contributed by atoms with Crippen LogP contribution < -0.4 is 25.3 Å². The smallest absolute Gasteiger partial charge is 0.255 e. The molecule has 1 aromatic heterocycles. The summed E-state index contributed by atoms with van der Waals surface area (Å²) in [6, 6.07) is 2.78. The molecule has 0 aliphatic rings. The van der Waals surface area contributed by atoms with Crippen LogP contribution in [0.2, 0.25) is 0 Å². The Morgan fingerprint density at radius 3 is 2.30 bits per heavy atom. The van der Waals surface area contributed by atoms with Crippen molar-refractivity contribution < 1.29 is 23.8 Å². The highest BCUT2D eigenvalue weighted by Gasteiger charge is 2.20. The number of rotatable bonds is 8. The normalized spacial score (nSPS) is 11.6. The number of benzene rings is 1. The van der Waals surface area contributed by atoms with Gasteiger partial charge in [0.15, 0.2) is 18.1 Å². The van der Waals surface area contributed by atoms with E-state index in [1.807, 2.05) is 20.9 Å². The Hall–Kier alpha value is -3.23. The van der Waals surface area contributed by atoms with Gasteiger partial charge in [-0.2, -0.15) is 5.10 Å². The number of primary amides is 1. The van der Waals surface area contributed by atoms with Crippen LogP contribution in [-0.2, 0) is 11.8 Å². The van der Waals surface area contributed by atoms with Crippen LogP contribution in [0.5, 0.6) is 17.2 Å². The van der Waals surface area contributed by atoms with Crippen LogP contribution in [0.1, 0.15) is 34.6 Å². The summed E-state index contributed by atoms with van der Waals surface area (Å²) in [5.74, 6) is -0.242. The molecule has 27 heavy (non-hydrogen) atoms. The van der Waals surface area contributed by atoms with E-state index in [4.69, 9.17) is 19.9 Å². The second kappa shape index (κ2) is 8.43. The Bertz CT molecular complexity index is 821. The SMILES string of the molecule is COc1cc(C(=O)N[C@H](C)c2cnn(C)c2C)cc(OC)c1OCC(N)=O. The van der Waals surface area contributed by atoms with E-state index < -0.39 is 5.91 Å². The van der Waals surface area contributed by atoms with Crippen molar-refractivity contribution in [2.24, 2.45) is 12.8 Å². The van der Waals surface area contributed by atoms with Crippen molar-refractivity contribution >= 4 is 11.8 Å². The summed E-state index contributed by atoms with van der Waals surface area (Å²) >= 11 is 0. The number of aromatic nitrogens is 2. The third-order valence-corrected chi connectivity index (χ3v) is 4.17. The molecule has 9 heteroatoms. The monoisotopic (exact) mass is 376 g/mol. The molecule has 2 aromatic rings. The van der Waals surface area contributed by atoms with Gasteiger partial charge in [0.05, 0.1) is 26.5 Å². The van der Waals surface area contributed by atoms with Crippen molar-refractivity contribution in [3.63, 3.8) is 0 Å². The first kappa shape index (κ1) is 20.1. The fraction of sp³-hybridized carbons (Fsp3) is 0.389. The zero-order chi connectivity index (χ0) is 20.1. The number of nitrogens with one attached hydrogen (secondary N) is 1. The number of carbonyl (C=O) groups excluding carboxylic acids is 2. The van der Waals surface area contributed by atoms with Gasteiger partial charge >= 0.3 is 0 Å². The van der Waals surface area contributed by atoms with Crippen LogP contribution in [0.25, 0.3) is 0 Å². The summed E-state index contributed by atoms with van der Waals surface area (Å²) in [5, 5.41) is 7.11. The summed E-state index contributed by atoms with van der Waals surface area (Å²) in [5.41, 5.74) is 7.32. The molecule has 2 amide bonds. The molecule has 0 spiro atoms. The van der Waals surface area contributed by atoms with Gasteiger partial charge in [0.1, 0.15) is 0 Å². The van der Waals surface area contributed by atoms with E-state index in [0.717, 1.165) is 11.3 Å². The van der Waals surface area contributed by atoms with Crippen LogP contribution in [-0.4, -0.2) is 42.4 Å². The van der Waals surface area contributed by atoms with Crippen LogP contribution in [0.15, 0.2) is 18.3 Å². The Kier molecular flexibility index (Phi) is 6.27. The Labute approximate surface area is 157 Å². The Balaban J connectivity index is 2.27. The maximum absolute atomic E-state index is 12.7. The molecule has 0 bridgehead atoms.